The molecule has 1 aromatic rings. The minimum atomic E-state index is -1.28. The van der Waals surface area contributed by atoms with Crippen molar-refractivity contribution in [3.8, 4) is 5.75 Å². The van der Waals surface area contributed by atoms with Gasteiger partial charge in [0.2, 0.25) is 0 Å². The standard InChI is InChI=1S/C13H15FO4/c14-12-7-9(4-5-11(12)13(15)16)18-8-10-3-1-2-6-17-10/h4-5,7,10H,1-3,6,8H2,(H,15,16). The molecule has 2 rings (SSSR count). The Labute approximate surface area is 104 Å². The molecule has 0 amide bonds. The lowest BCUT2D eigenvalue weighted by Gasteiger charge is -2.22. The highest BCUT2D eigenvalue weighted by Gasteiger charge is 2.15. The van der Waals surface area contributed by atoms with Crippen molar-refractivity contribution >= 4 is 5.97 Å². The van der Waals surface area contributed by atoms with E-state index >= 15 is 0 Å². The van der Waals surface area contributed by atoms with Gasteiger partial charge in [0, 0.05) is 12.7 Å². The van der Waals surface area contributed by atoms with Gasteiger partial charge in [-0.3, -0.25) is 0 Å². The minimum Gasteiger partial charge on any atom is -0.491 e. The van der Waals surface area contributed by atoms with Crippen LogP contribution < -0.4 is 4.74 Å². The van der Waals surface area contributed by atoms with Crippen LogP contribution in [0.2, 0.25) is 0 Å². The number of benzene rings is 1. The molecule has 1 fully saturated rings. The molecule has 1 aromatic carbocycles. The first-order valence-electron chi connectivity index (χ1n) is 5.94. The van der Waals surface area contributed by atoms with Gasteiger partial charge < -0.3 is 14.6 Å². The number of carbonyl (C=O) groups is 1. The molecular formula is C13H15FO4. The quantitative estimate of drug-likeness (QED) is 0.896. The molecule has 1 aliphatic heterocycles. The molecule has 1 N–H and O–H groups in total. The normalized spacial score (nSPS) is 19.5. The molecule has 1 aliphatic rings. The number of carboxylic acid groups (broad SMARTS) is 1. The predicted molar refractivity (Wildman–Crippen MR) is 62.4 cm³/mol. The molecule has 18 heavy (non-hydrogen) atoms. The van der Waals surface area contributed by atoms with Gasteiger partial charge in [-0.15, -0.1) is 0 Å². The first kappa shape index (κ1) is 12.8. The van der Waals surface area contributed by atoms with Crippen LogP contribution in [0.15, 0.2) is 18.2 Å². The van der Waals surface area contributed by atoms with E-state index in [1.165, 1.54) is 12.1 Å². The van der Waals surface area contributed by atoms with Crippen LogP contribution >= 0.6 is 0 Å². The van der Waals surface area contributed by atoms with Gasteiger partial charge in [0.15, 0.2) is 0 Å². The summed E-state index contributed by atoms with van der Waals surface area (Å²) >= 11 is 0. The first-order valence-corrected chi connectivity index (χ1v) is 5.94. The van der Waals surface area contributed by atoms with Gasteiger partial charge in [0.05, 0.1) is 11.7 Å². The molecule has 1 atom stereocenters. The fourth-order valence-corrected chi connectivity index (χ4v) is 1.89. The van der Waals surface area contributed by atoms with Crippen LogP contribution in [0.4, 0.5) is 4.39 Å². The molecule has 0 spiro atoms. The van der Waals surface area contributed by atoms with E-state index in [4.69, 9.17) is 14.6 Å². The maximum absolute atomic E-state index is 13.4. The fourth-order valence-electron chi connectivity index (χ4n) is 1.89. The summed E-state index contributed by atoms with van der Waals surface area (Å²) in [5.41, 5.74) is -0.351. The summed E-state index contributed by atoms with van der Waals surface area (Å²) < 4.78 is 24.3. The fraction of sp³-hybridized carbons (Fsp3) is 0.462. The molecule has 0 saturated carbocycles. The first-order chi connectivity index (χ1) is 8.66. The van der Waals surface area contributed by atoms with Crippen molar-refractivity contribution in [2.45, 2.75) is 25.4 Å². The average molecular weight is 254 g/mol. The van der Waals surface area contributed by atoms with Gasteiger partial charge in [0.1, 0.15) is 18.2 Å². The molecule has 4 nitrogen and oxygen atoms in total. The summed E-state index contributed by atoms with van der Waals surface area (Å²) in [6, 6.07) is 3.75. The SMILES string of the molecule is O=C(O)c1ccc(OCC2CCCCO2)cc1F. The average Bonchev–Trinajstić information content (AvgIpc) is 2.37. The van der Waals surface area contributed by atoms with Crippen LogP contribution in [0.25, 0.3) is 0 Å². The number of ether oxygens (including phenoxy) is 2. The number of hydrogen-bond donors (Lipinski definition) is 1. The third-order valence-electron chi connectivity index (χ3n) is 2.88. The Morgan fingerprint density at radius 2 is 2.33 bits per heavy atom. The second-order valence-corrected chi connectivity index (χ2v) is 4.25. The lowest BCUT2D eigenvalue weighted by Crippen LogP contribution is -2.25. The van der Waals surface area contributed by atoms with Crippen LogP contribution in [0.3, 0.4) is 0 Å². The van der Waals surface area contributed by atoms with Gasteiger partial charge in [-0.1, -0.05) is 0 Å². The summed E-state index contributed by atoms with van der Waals surface area (Å²) in [5.74, 6) is -1.74. The molecule has 0 bridgehead atoms. The Morgan fingerprint density at radius 1 is 1.50 bits per heavy atom. The third kappa shape index (κ3) is 3.20. The Hall–Kier alpha value is -1.62. The maximum Gasteiger partial charge on any atom is 0.338 e. The second kappa shape index (κ2) is 5.82. The highest BCUT2D eigenvalue weighted by molar-refractivity contribution is 5.88. The zero-order chi connectivity index (χ0) is 13.0. The molecular weight excluding hydrogens is 239 g/mol. The molecule has 0 aromatic heterocycles. The second-order valence-electron chi connectivity index (χ2n) is 4.25. The molecule has 0 radical (unpaired) electrons. The van der Waals surface area contributed by atoms with E-state index < -0.39 is 11.8 Å². The van der Waals surface area contributed by atoms with Gasteiger partial charge in [-0.05, 0) is 31.4 Å². The van der Waals surface area contributed by atoms with Crippen LogP contribution in [0.1, 0.15) is 29.6 Å². The monoisotopic (exact) mass is 254 g/mol. The molecule has 1 saturated heterocycles. The van der Waals surface area contributed by atoms with E-state index in [1.54, 1.807) is 0 Å². The smallest absolute Gasteiger partial charge is 0.338 e. The lowest BCUT2D eigenvalue weighted by atomic mass is 10.1. The van der Waals surface area contributed by atoms with Crippen molar-refractivity contribution in [1.82, 2.24) is 0 Å². The minimum absolute atomic E-state index is 0.0426. The van der Waals surface area contributed by atoms with Gasteiger partial charge in [-0.2, -0.15) is 0 Å². The van der Waals surface area contributed by atoms with Crippen molar-refractivity contribution in [2.75, 3.05) is 13.2 Å². The third-order valence-corrected chi connectivity index (χ3v) is 2.88. The Morgan fingerprint density at radius 3 is 2.94 bits per heavy atom. The van der Waals surface area contributed by atoms with Crippen LogP contribution in [-0.2, 0) is 4.74 Å². The van der Waals surface area contributed by atoms with Crippen molar-refractivity contribution in [3.63, 3.8) is 0 Å². The topological polar surface area (TPSA) is 55.8 Å². The zero-order valence-corrected chi connectivity index (χ0v) is 9.89. The van der Waals surface area contributed by atoms with Crippen molar-refractivity contribution < 1.29 is 23.8 Å². The molecule has 0 aliphatic carbocycles. The van der Waals surface area contributed by atoms with E-state index in [9.17, 15) is 9.18 Å². The van der Waals surface area contributed by atoms with Crippen LogP contribution in [0, 0.1) is 5.82 Å². The number of halogens is 1. The lowest BCUT2D eigenvalue weighted by molar-refractivity contribution is -0.0111. The number of rotatable bonds is 4. The number of aromatic carboxylic acids is 1. The zero-order valence-electron chi connectivity index (χ0n) is 9.89. The molecule has 1 unspecified atom stereocenters. The summed E-state index contributed by atoms with van der Waals surface area (Å²) in [6.07, 6.45) is 3.16. The Balaban J connectivity index is 1.93. The van der Waals surface area contributed by atoms with E-state index in [2.05, 4.69) is 0 Å². The summed E-state index contributed by atoms with van der Waals surface area (Å²) in [7, 11) is 0. The van der Waals surface area contributed by atoms with E-state index in [-0.39, 0.29) is 11.7 Å². The molecule has 5 heteroatoms. The summed E-state index contributed by atoms with van der Waals surface area (Å²) in [5, 5.41) is 8.69. The van der Waals surface area contributed by atoms with Gasteiger partial charge in [0.25, 0.3) is 0 Å². The van der Waals surface area contributed by atoms with Gasteiger partial charge >= 0.3 is 5.97 Å². The van der Waals surface area contributed by atoms with E-state index in [0.29, 0.717) is 12.4 Å². The highest BCUT2D eigenvalue weighted by Crippen LogP contribution is 2.19. The summed E-state index contributed by atoms with van der Waals surface area (Å²) in [6.45, 7) is 1.10. The molecule has 98 valence electrons. The molecule has 1 heterocycles. The van der Waals surface area contributed by atoms with Gasteiger partial charge in [-0.25, -0.2) is 9.18 Å². The van der Waals surface area contributed by atoms with Crippen molar-refractivity contribution in [1.29, 1.82) is 0 Å². The number of carboxylic acids is 1. The van der Waals surface area contributed by atoms with Crippen LogP contribution in [-0.4, -0.2) is 30.4 Å². The predicted octanol–water partition coefficient (Wildman–Crippen LogP) is 2.47. The van der Waals surface area contributed by atoms with Crippen molar-refractivity contribution in [3.05, 3.63) is 29.6 Å². The van der Waals surface area contributed by atoms with Crippen LogP contribution in [0.5, 0.6) is 5.75 Å². The maximum atomic E-state index is 13.4. The largest absolute Gasteiger partial charge is 0.491 e. The Kier molecular flexibility index (Phi) is 4.15. The number of hydrogen-bond acceptors (Lipinski definition) is 3. The highest BCUT2D eigenvalue weighted by atomic mass is 19.1. The van der Waals surface area contributed by atoms with Crippen molar-refractivity contribution in [2.24, 2.45) is 0 Å². The van der Waals surface area contributed by atoms with E-state index in [1.807, 2.05) is 0 Å². The van der Waals surface area contributed by atoms with E-state index in [0.717, 1.165) is 31.9 Å². The summed E-state index contributed by atoms with van der Waals surface area (Å²) in [4.78, 5) is 10.6. The Bertz CT molecular complexity index is 427.